The first-order valence-corrected chi connectivity index (χ1v) is 12.3. The number of para-hydroxylation sites is 1. The first-order chi connectivity index (χ1) is 17.5. The molecule has 0 radical (unpaired) electrons. The summed E-state index contributed by atoms with van der Waals surface area (Å²) in [5.41, 5.74) is 0.699. The number of hydrogen-bond acceptors (Lipinski definition) is 5. The van der Waals surface area contributed by atoms with E-state index in [0.717, 1.165) is 30.6 Å². The minimum atomic E-state index is -1.13. The summed E-state index contributed by atoms with van der Waals surface area (Å²) in [6.45, 7) is 1.44. The maximum Gasteiger partial charge on any atom is 0.289 e. The molecule has 8 heteroatoms. The maximum atomic E-state index is 13.3. The molecule has 3 heterocycles. The van der Waals surface area contributed by atoms with E-state index in [0.29, 0.717) is 37.4 Å². The predicted octanol–water partition coefficient (Wildman–Crippen LogP) is 4.22. The zero-order valence-corrected chi connectivity index (χ0v) is 20.0. The molecule has 7 nitrogen and oxygen atoms in total. The van der Waals surface area contributed by atoms with Gasteiger partial charge < -0.3 is 24.1 Å². The van der Waals surface area contributed by atoms with Crippen molar-refractivity contribution in [3.8, 4) is 17.1 Å². The Morgan fingerprint density at radius 3 is 2.69 bits per heavy atom. The molecule has 1 saturated heterocycles. The van der Waals surface area contributed by atoms with E-state index in [2.05, 4.69) is 11.4 Å². The number of carbonyl (C=O) groups is 2. The summed E-state index contributed by atoms with van der Waals surface area (Å²) in [5.74, 6) is 0.624. The molecule has 3 aromatic rings. The van der Waals surface area contributed by atoms with Gasteiger partial charge in [0.1, 0.15) is 23.9 Å². The zero-order valence-electron chi connectivity index (χ0n) is 20.0. The Morgan fingerprint density at radius 1 is 1.00 bits per heavy atom. The van der Waals surface area contributed by atoms with E-state index < -0.39 is 5.60 Å². The Kier molecular flexibility index (Phi) is 7.04. The fourth-order valence-electron chi connectivity index (χ4n) is 4.80. The van der Waals surface area contributed by atoms with Gasteiger partial charge in [0.25, 0.3) is 11.8 Å². The zero-order chi connectivity index (χ0) is 25.0. The second-order valence-corrected chi connectivity index (χ2v) is 9.16. The van der Waals surface area contributed by atoms with Crippen molar-refractivity contribution >= 4 is 11.8 Å². The van der Waals surface area contributed by atoms with Crippen LogP contribution in [0.2, 0.25) is 0 Å². The van der Waals surface area contributed by atoms with Gasteiger partial charge >= 0.3 is 0 Å². The molecular formula is C28H29FN2O5. The Morgan fingerprint density at radius 2 is 1.83 bits per heavy atom. The summed E-state index contributed by atoms with van der Waals surface area (Å²) in [6, 6.07) is 17.2. The Hall–Kier alpha value is -3.65. The summed E-state index contributed by atoms with van der Waals surface area (Å²) in [7, 11) is 0. The third kappa shape index (κ3) is 5.14. The monoisotopic (exact) mass is 492 g/mol. The fraction of sp³-hybridized carbons (Fsp3) is 0.357. The standard InChI is InChI=1S/C28H29FN2O5/c29-22-10-8-21(9-11-22)24-12-13-25(36-24)26(32)31-16-18-35-28(19-31)14-4-3-6-20-5-1-2-7-23(20)34-17-15-30-27(28)33/h1-2,5,7-13H,3-4,6,14-19H2,(H,30,33). The van der Waals surface area contributed by atoms with Crippen LogP contribution in [-0.4, -0.2) is 55.2 Å². The van der Waals surface area contributed by atoms with Gasteiger partial charge in [-0.1, -0.05) is 18.2 Å². The van der Waals surface area contributed by atoms with Crippen LogP contribution in [0, 0.1) is 5.82 Å². The van der Waals surface area contributed by atoms with Gasteiger partial charge in [-0.3, -0.25) is 9.59 Å². The highest BCUT2D eigenvalue weighted by atomic mass is 19.1. The van der Waals surface area contributed by atoms with E-state index in [-0.39, 0.29) is 36.5 Å². The van der Waals surface area contributed by atoms with Crippen LogP contribution in [0.1, 0.15) is 35.4 Å². The first kappa shape index (κ1) is 24.1. The van der Waals surface area contributed by atoms with Crippen LogP contribution in [0.4, 0.5) is 4.39 Å². The van der Waals surface area contributed by atoms with Crippen LogP contribution >= 0.6 is 0 Å². The second kappa shape index (κ2) is 10.5. The van der Waals surface area contributed by atoms with E-state index in [9.17, 15) is 14.0 Å². The number of halogens is 1. The summed E-state index contributed by atoms with van der Waals surface area (Å²) in [6.07, 6.45) is 2.98. The van der Waals surface area contributed by atoms with E-state index in [1.807, 2.05) is 18.2 Å². The molecule has 188 valence electrons. The lowest BCUT2D eigenvalue weighted by Gasteiger charge is -2.41. The van der Waals surface area contributed by atoms with Crippen molar-refractivity contribution < 1.29 is 27.9 Å². The van der Waals surface area contributed by atoms with Crippen molar-refractivity contribution in [2.45, 2.75) is 31.3 Å². The molecule has 1 aromatic heterocycles. The molecule has 1 N–H and O–H groups in total. The van der Waals surface area contributed by atoms with Gasteiger partial charge in [-0.05, 0) is 73.7 Å². The number of aryl methyl sites for hydroxylation is 1. The molecule has 1 fully saturated rings. The Labute approximate surface area is 209 Å². The molecule has 0 saturated carbocycles. The smallest absolute Gasteiger partial charge is 0.289 e. The van der Waals surface area contributed by atoms with Crippen LogP contribution in [0.3, 0.4) is 0 Å². The first-order valence-electron chi connectivity index (χ1n) is 12.3. The quantitative estimate of drug-likeness (QED) is 0.580. The average molecular weight is 493 g/mol. The number of morpholine rings is 1. The van der Waals surface area contributed by atoms with Crippen molar-refractivity contribution in [2.75, 3.05) is 32.8 Å². The molecule has 1 unspecified atom stereocenters. The summed E-state index contributed by atoms with van der Waals surface area (Å²) >= 11 is 0. The topological polar surface area (TPSA) is 81.0 Å². The number of furan rings is 1. The molecule has 2 aliphatic rings. The summed E-state index contributed by atoms with van der Waals surface area (Å²) in [5, 5.41) is 2.94. The molecule has 2 aliphatic heterocycles. The van der Waals surface area contributed by atoms with Crippen molar-refractivity contribution in [1.29, 1.82) is 0 Å². The SMILES string of the molecule is O=C(c1ccc(-c2ccc(F)cc2)o1)N1CCOC2(CCCCc3ccccc3OCCNC2=O)C1. The number of benzene rings is 2. The van der Waals surface area contributed by atoms with Crippen LogP contribution in [0.5, 0.6) is 5.75 Å². The number of fused-ring (bicyclic) bond motifs is 1. The number of rotatable bonds is 2. The van der Waals surface area contributed by atoms with Gasteiger partial charge in [0.15, 0.2) is 11.4 Å². The van der Waals surface area contributed by atoms with Crippen LogP contribution in [0.15, 0.2) is 65.1 Å². The minimum Gasteiger partial charge on any atom is -0.491 e. The minimum absolute atomic E-state index is 0.141. The summed E-state index contributed by atoms with van der Waals surface area (Å²) in [4.78, 5) is 28.2. The maximum absolute atomic E-state index is 13.3. The lowest BCUT2D eigenvalue weighted by atomic mass is 9.91. The highest BCUT2D eigenvalue weighted by Gasteiger charge is 2.45. The number of carbonyl (C=O) groups excluding carboxylic acids is 2. The fourth-order valence-corrected chi connectivity index (χ4v) is 4.80. The average Bonchev–Trinajstić information content (AvgIpc) is 3.39. The van der Waals surface area contributed by atoms with Crippen molar-refractivity contribution in [2.24, 2.45) is 0 Å². The molecule has 2 amide bonds. The van der Waals surface area contributed by atoms with Gasteiger partial charge in [-0.25, -0.2) is 4.39 Å². The van der Waals surface area contributed by atoms with Gasteiger partial charge in [0.05, 0.1) is 19.7 Å². The largest absolute Gasteiger partial charge is 0.491 e. The molecule has 1 spiro atoms. The third-order valence-electron chi connectivity index (χ3n) is 6.73. The van der Waals surface area contributed by atoms with Crippen molar-refractivity contribution in [1.82, 2.24) is 10.2 Å². The van der Waals surface area contributed by atoms with Gasteiger partial charge in [-0.2, -0.15) is 0 Å². The van der Waals surface area contributed by atoms with Crippen molar-refractivity contribution in [3.63, 3.8) is 0 Å². The summed E-state index contributed by atoms with van der Waals surface area (Å²) < 4.78 is 31.0. The normalized spacial score (nSPS) is 21.0. The molecule has 5 rings (SSSR count). The van der Waals surface area contributed by atoms with E-state index in [1.165, 1.54) is 12.1 Å². The molecule has 1 atom stereocenters. The Bertz CT molecular complexity index is 1220. The number of hydrogen-bond donors (Lipinski definition) is 1. The van der Waals surface area contributed by atoms with Gasteiger partial charge in [0.2, 0.25) is 0 Å². The lowest BCUT2D eigenvalue weighted by Crippen LogP contribution is -2.61. The van der Waals surface area contributed by atoms with Crippen LogP contribution in [0.25, 0.3) is 11.3 Å². The Balaban J connectivity index is 1.30. The van der Waals surface area contributed by atoms with E-state index in [1.54, 1.807) is 29.2 Å². The third-order valence-corrected chi connectivity index (χ3v) is 6.73. The number of nitrogens with zero attached hydrogens (tertiary/aromatic N) is 1. The highest BCUT2D eigenvalue weighted by molar-refractivity contribution is 5.93. The highest BCUT2D eigenvalue weighted by Crippen LogP contribution is 2.29. The second-order valence-electron chi connectivity index (χ2n) is 9.16. The predicted molar refractivity (Wildman–Crippen MR) is 131 cm³/mol. The van der Waals surface area contributed by atoms with Gasteiger partial charge in [0, 0.05) is 12.1 Å². The van der Waals surface area contributed by atoms with Crippen LogP contribution in [-0.2, 0) is 16.0 Å². The number of nitrogens with one attached hydrogen (secondary N) is 1. The van der Waals surface area contributed by atoms with Gasteiger partial charge in [-0.15, -0.1) is 0 Å². The van der Waals surface area contributed by atoms with Crippen LogP contribution < -0.4 is 10.1 Å². The van der Waals surface area contributed by atoms with Crippen molar-refractivity contribution in [3.05, 3.63) is 77.8 Å². The van der Waals surface area contributed by atoms with E-state index >= 15 is 0 Å². The molecular weight excluding hydrogens is 463 g/mol. The molecule has 0 aliphatic carbocycles. The van der Waals surface area contributed by atoms with E-state index in [4.69, 9.17) is 13.9 Å². The lowest BCUT2D eigenvalue weighted by molar-refractivity contribution is -0.159. The molecule has 2 aromatic carbocycles. The molecule has 0 bridgehead atoms. The molecule has 36 heavy (non-hydrogen) atoms. The number of amides is 2. The number of ether oxygens (including phenoxy) is 2.